The van der Waals surface area contributed by atoms with Crippen molar-refractivity contribution in [3.63, 3.8) is 0 Å². The molecule has 1 amide bonds. The summed E-state index contributed by atoms with van der Waals surface area (Å²) in [6.45, 7) is 6.32. The van der Waals surface area contributed by atoms with E-state index in [0.717, 1.165) is 10.0 Å². The quantitative estimate of drug-likeness (QED) is 0.928. The summed E-state index contributed by atoms with van der Waals surface area (Å²) in [4.78, 5) is 13.7. The minimum absolute atomic E-state index is 0.0112. The Bertz CT molecular complexity index is 374. The molecule has 1 aromatic carbocycles. The summed E-state index contributed by atoms with van der Waals surface area (Å²) in [6, 6.07) is 7.67. The molecule has 0 saturated carbocycles. The van der Waals surface area contributed by atoms with E-state index in [1.165, 1.54) is 0 Å². The van der Waals surface area contributed by atoms with Gasteiger partial charge in [-0.25, -0.2) is 0 Å². The zero-order valence-electron chi connectivity index (χ0n) is 10.5. The Morgan fingerprint density at radius 3 is 2.24 bits per heavy atom. The van der Waals surface area contributed by atoms with Crippen molar-refractivity contribution in [2.75, 3.05) is 0 Å². The number of nitrogens with two attached hydrogens (primary N) is 1. The number of hydrogen-bond donors (Lipinski definition) is 1. The van der Waals surface area contributed by atoms with Gasteiger partial charge in [0.1, 0.15) is 0 Å². The maximum atomic E-state index is 11.9. The minimum atomic E-state index is -0.451. The van der Waals surface area contributed by atoms with Crippen molar-refractivity contribution >= 4 is 21.8 Å². The van der Waals surface area contributed by atoms with Crippen LogP contribution in [0.15, 0.2) is 28.7 Å². The number of carbonyl (C=O) groups is 1. The van der Waals surface area contributed by atoms with Gasteiger partial charge < -0.3 is 10.6 Å². The first kappa shape index (κ1) is 14.2. The first-order valence-electron chi connectivity index (χ1n) is 5.72. The highest BCUT2D eigenvalue weighted by molar-refractivity contribution is 9.10. The van der Waals surface area contributed by atoms with Crippen LogP contribution in [0.2, 0.25) is 0 Å². The van der Waals surface area contributed by atoms with E-state index in [0.29, 0.717) is 6.54 Å². The van der Waals surface area contributed by atoms with Crippen LogP contribution in [0, 0.1) is 0 Å². The molecule has 0 heterocycles. The molecule has 0 unspecified atom stereocenters. The van der Waals surface area contributed by atoms with Gasteiger partial charge in [0.15, 0.2) is 0 Å². The van der Waals surface area contributed by atoms with Crippen LogP contribution in [-0.4, -0.2) is 22.9 Å². The lowest BCUT2D eigenvalue weighted by Gasteiger charge is -2.28. The molecule has 1 aromatic rings. The van der Waals surface area contributed by atoms with Gasteiger partial charge in [0.05, 0.1) is 6.04 Å². The lowest BCUT2D eigenvalue weighted by Crippen LogP contribution is -2.45. The van der Waals surface area contributed by atoms with E-state index in [9.17, 15) is 4.79 Å². The summed E-state index contributed by atoms with van der Waals surface area (Å²) < 4.78 is 1.04. The minimum Gasteiger partial charge on any atom is -0.335 e. The van der Waals surface area contributed by atoms with Crippen LogP contribution >= 0.6 is 15.9 Å². The largest absolute Gasteiger partial charge is 0.335 e. The normalized spacial score (nSPS) is 12.6. The first-order valence-corrected chi connectivity index (χ1v) is 6.51. The molecule has 1 rings (SSSR count). The summed E-state index contributed by atoms with van der Waals surface area (Å²) in [7, 11) is 0. The van der Waals surface area contributed by atoms with Crippen molar-refractivity contribution in [3.8, 4) is 0 Å². The Hall–Kier alpha value is -0.870. The molecule has 17 heavy (non-hydrogen) atoms. The predicted molar refractivity (Wildman–Crippen MR) is 73.5 cm³/mol. The fourth-order valence-corrected chi connectivity index (χ4v) is 1.83. The highest BCUT2D eigenvalue weighted by Gasteiger charge is 2.20. The molecule has 1 atom stereocenters. The summed E-state index contributed by atoms with van der Waals surface area (Å²) in [5.74, 6) is -0.0112. The summed E-state index contributed by atoms with van der Waals surface area (Å²) in [5, 5.41) is 0. The van der Waals surface area contributed by atoms with Crippen molar-refractivity contribution in [2.45, 2.75) is 39.4 Å². The third-order valence-corrected chi connectivity index (χ3v) is 3.09. The van der Waals surface area contributed by atoms with Gasteiger partial charge in [0.2, 0.25) is 5.91 Å². The van der Waals surface area contributed by atoms with Crippen molar-refractivity contribution in [3.05, 3.63) is 34.3 Å². The molecular formula is C13H19BrN2O. The molecule has 0 saturated heterocycles. The number of rotatable bonds is 4. The van der Waals surface area contributed by atoms with Gasteiger partial charge in [-0.05, 0) is 38.5 Å². The summed E-state index contributed by atoms with van der Waals surface area (Å²) >= 11 is 3.39. The second kappa shape index (κ2) is 6.17. The Labute approximate surface area is 111 Å². The van der Waals surface area contributed by atoms with Gasteiger partial charge in [-0.3, -0.25) is 4.79 Å². The molecule has 0 spiro atoms. The average molecular weight is 299 g/mol. The lowest BCUT2D eigenvalue weighted by molar-refractivity contribution is -0.134. The van der Waals surface area contributed by atoms with E-state index < -0.39 is 6.04 Å². The van der Waals surface area contributed by atoms with Crippen LogP contribution in [0.1, 0.15) is 26.3 Å². The van der Waals surface area contributed by atoms with Crippen molar-refractivity contribution in [1.29, 1.82) is 0 Å². The summed E-state index contributed by atoms with van der Waals surface area (Å²) in [6.07, 6.45) is 0. The van der Waals surface area contributed by atoms with Crippen LogP contribution in [0.25, 0.3) is 0 Å². The van der Waals surface area contributed by atoms with E-state index in [2.05, 4.69) is 15.9 Å². The number of hydrogen-bond acceptors (Lipinski definition) is 2. The second-order valence-electron chi connectivity index (χ2n) is 4.48. The fourth-order valence-electron chi connectivity index (χ4n) is 1.56. The Morgan fingerprint density at radius 1 is 1.29 bits per heavy atom. The first-order chi connectivity index (χ1) is 7.91. The topological polar surface area (TPSA) is 46.3 Å². The van der Waals surface area contributed by atoms with Crippen LogP contribution < -0.4 is 5.73 Å². The van der Waals surface area contributed by atoms with Crippen molar-refractivity contribution < 1.29 is 4.79 Å². The number of benzene rings is 1. The molecule has 0 aliphatic rings. The SMILES string of the molecule is CC(C)N(Cc1ccc(Br)cc1)C(=O)[C@H](C)N. The van der Waals surface area contributed by atoms with Crippen LogP contribution in [-0.2, 0) is 11.3 Å². The van der Waals surface area contributed by atoms with Gasteiger partial charge in [0.25, 0.3) is 0 Å². The lowest BCUT2D eigenvalue weighted by atomic mass is 10.1. The number of nitrogens with zero attached hydrogens (tertiary/aromatic N) is 1. The number of carbonyl (C=O) groups excluding carboxylic acids is 1. The molecule has 3 nitrogen and oxygen atoms in total. The molecule has 0 aliphatic carbocycles. The highest BCUT2D eigenvalue weighted by atomic mass is 79.9. The fraction of sp³-hybridized carbons (Fsp3) is 0.462. The van der Waals surface area contributed by atoms with Gasteiger partial charge in [-0.15, -0.1) is 0 Å². The molecule has 2 N–H and O–H groups in total. The second-order valence-corrected chi connectivity index (χ2v) is 5.39. The summed E-state index contributed by atoms with van der Waals surface area (Å²) in [5.41, 5.74) is 6.76. The molecule has 0 fully saturated rings. The van der Waals surface area contributed by atoms with E-state index in [-0.39, 0.29) is 11.9 Å². The monoisotopic (exact) mass is 298 g/mol. The Balaban J connectivity index is 2.80. The predicted octanol–water partition coefficient (Wildman–Crippen LogP) is 2.53. The maximum Gasteiger partial charge on any atom is 0.239 e. The average Bonchev–Trinajstić information content (AvgIpc) is 2.26. The standard InChI is InChI=1S/C13H19BrN2O/c1-9(2)16(13(17)10(3)15)8-11-4-6-12(14)7-5-11/h4-7,9-10H,8,15H2,1-3H3/t10-/m0/s1. The van der Waals surface area contributed by atoms with Crippen LogP contribution in [0.5, 0.6) is 0 Å². The molecule has 0 radical (unpaired) electrons. The van der Waals surface area contributed by atoms with E-state index >= 15 is 0 Å². The van der Waals surface area contributed by atoms with E-state index in [1.807, 2.05) is 38.1 Å². The van der Waals surface area contributed by atoms with Crippen molar-refractivity contribution in [1.82, 2.24) is 4.90 Å². The molecule has 94 valence electrons. The Morgan fingerprint density at radius 2 is 1.82 bits per heavy atom. The third-order valence-electron chi connectivity index (χ3n) is 2.56. The zero-order chi connectivity index (χ0) is 13.0. The number of halogens is 1. The molecule has 0 aliphatic heterocycles. The van der Waals surface area contributed by atoms with E-state index in [4.69, 9.17) is 5.73 Å². The van der Waals surface area contributed by atoms with Crippen molar-refractivity contribution in [2.24, 2.45) is 5.73 Å². The molecule has 0 bridgehead atoms. The maximum absolute atomic E-state index is 11.9. The third kappa shape index (κ3) is 4.13. The molecular weight excluding hydrogens is 280 g/mol. The molecule has 4 heteroatoms. The molecule has 0 aromatic heterocycles. The van der Waals surface area contributed by atoms with Crippen LogP contribution in [0.3, 0.4) is 0 Å². The zero-order valence-corrected chi connectivity index (χ0v) is 12.1. The number of amides is 1. The smallest absolute Gasteiger partial charge is 0.239 e. The Kier molecular flexibility index (Phi) is 5.15. The van der Waals surface area contributed by atoms with Gasteiger partial charge in [0, 0.05) is 17.1 Å². The van der Waals surface area contributed by atoms with Crippen LogP contribution in [0.4, 0.5) is 0 Å². The highest BCUT2D eigenvalue weighted by Crippen LogP contribution is 2.14. The van der Waals surface area contributed by atoms with Gasteiger partial charge >= 0.3 is 0 Å². The van der Waals surface area contributed by atoms with E-state index in [1.54, 1.807) is 11.8 Å². The van der Waals surface area contributed by atoms with Gasteiger partial charge in [-0.1, -0.05) is 28.1 Å². The van der Waals surface area contributed by atoms with Gasteiger partial charge in [-0.2, -0.15) is 0 Å².